The Labute approximate surface area is 151 Å². The van der Waals surface area contributed by atoms with Gasteiger partial charge in [0.1, 0.15) is 5.75 Å². The lowest BCUT2D eigenvalue weighted by atomic mass is 9.97. The van der Waals surface area contributed by atoms with E-state index < -0.39 is 0 Å². The van der Waals surface area contributed by atoms with Crippen molar-refractivity contribution in [1.82, 2.24) is 19.9 Å². The van der Waals surface area contributed by atoms with E-state index in [9.17, 15) is 9.59 Å². The molecule has 4 rings (SSSR count). The van der Waals surface area contributed by atoms with E-state index >= 15 is 0 Å². The molecule has 8 nitrogen and oxygen atoms in total. The minimum absolute atomic E-state index is 0.0278. The minimum Gasteiger partial charge on any atom is -0.493 e. The first-order chi connectivity index (χ1) is 12.6. The monoisotopic (exact) mass is 355 g/mol. The van der Waals surface area contributed by atoms with Crippen molar-refractivity contribution < 1.29 is 14.3 Å². The van der Waals surface area contributed by atoms with E-state index in [2.05, 4.69) is 15.6 Å². The van der Waals surface area contributed by atoms with Gasteiger partial charge in [0.15, 0.2) is 5.69 Å². The maximum absolute atomic E-state index is 13.0. The fourth-order valence-electron chi connectivity index (χ4n) is 3.57. The molecule has 1 fully saturated rings. The Morgan fingerprint density at radius 3 is 3.00 bits per heavy atom. The van der Waals surface area contributed by atoms with Gasteiger partial charge in [-0.3, -0.25) is 14.3 Å². The topological polar surface area (TPSA) is 89.4 Å². The Balaban J connectivity index is 1.60. The first-order valence-corrected chi connectivity index (χ1v) is 8.87. The van der Waals surface area contributed by atoms with Crippen LogP contribution in [0.15, 0.2) is 24.4 Å². The number of aromatic nitrogens is 3. The van der Waals surface area contributed by atoms with Crippen molar-refractivity contribution in [2.75, 3.05) is 18.5 Å². The molecule has 2 aliphatic rings. The molecule has 26 heavy (non-hydrogen) atoms. The normalized spacial score (nSPS) is 19.7. The number of piperidine rings is 1. The van der Waals surface area contributed by atoms with Crippen LogP contribution in [0.2, 0.25) is 0 Å². The van der Waals surface area contributed by atoms with Crippen LogP contribution in [0.3, 0.4) is 0 Å². The highest BCUT2D eigenvalue weighted by Gasteiger charge is 2.31. The minimum atomic E-state index is -0.367. The molecule has 8 heteroatoms. The summed E-state index contributed by atoms with van der Waals surface area (Å²) in [7, 11) is 1.69. The summed E-state index contributed by atoms with van der Waals surface area (Å²) in [5.74, 6) is 0.171. The second-order valence-electron chi connectivity index (χ2n) is 6.73. The van der Waals surface area contributed by atoms with Crippen molar-refractivity contribution in [3.8, 4) is 5.75 Å². The Morgan fingerprint density at radius 2 is 2.19 bits per heavy atom. The zero-order chi connectivity index (χ0) is 18.1. The van der Waals surface area contributed by atoms with Gasteiger partial charge in [-0.15, -0.1) is 5.10 Å². The van der Waals surface area contributed by atoms with E-state index in [1.54, 1.807) is 25.2 Å². The first kappa shape index (κ1) is 16.6. The molecule has 3 heterocycles. The second kappa shape index (κ2) is 6.78. The molecule has 0 radical (unpaired) electrons. The summed E-state index contributed by atoms with van der Waals surface area (Å²) < 4.78 is 7.27. The first-order valence-electron chi connectivity index (χ1n) is 8.87. The van der Waals surface area contributed by atoms with Gasteiger partial charge in [0.2, 0.25) is 0 Å². The number of carbonyl (C=O) groups excluding carboxylic acids is 2. The molecular formula is C18H21N5O3. The number of anilines is 1. The number of nitrogens with zero attached hydrogens (tertiary/aromatic N) is 4. The smallest absolute Gasteiger partial charge is 0.277 e. The highest BCUT2D eigenvalue weighted by Crippen LogP contribution is 2.30. The molecule has 0 bridgehead atoms. The SMILES string of the molecule is Cn1cc(C(=O)Nc2ccc3c(c2)C(=O)N2CCCC[C@H]2CCO3)nn1. The molecule has 0 unspecified atom stereocenters. The molecular weight excluding hydrogens is 334 g/mol. The van der Waals surface area contributed by atoms with Crippen molar-refractivity contribution in [1.29, 1.82) is 0 Å². The van der Waals surface area contributed by atoms with Crippen molar-refractivity contribution in [3.63, 3.8) is 0 Å². The van der Waals surface area contributed by atoms with Crippen molar-refractivity contribution in [3.05, 3.63) is 35.7 Å². The third-order valence-corrected chi connectivity index (χ3v) is 4.90. The van der Waals surface area contributed by atoms with Crippen LogP contribution in [-0.4, -0.2) is 50.9 Å². The molecule has 2 aliphatic heterocycles. The number of benzene rings is 1. The molecule has 1 atom stereocenters. The van der Waals surface area contributed by atoms with Gasteiger partial charge in [0, 0.05) is 31.7 Å². The van der Waals surface area contributed by atoms with Crippen LogP contribution in [0, 0.1) is 0 Å². The Bertz CT molecular complexity index is 847. The fourth-order valence-corrected chi connectivity index (χ4v) is 3.57. The summed E-state index contributed by atoms with van der Waals surface area (Å²) in [6.45, 7) is 1.37. The Hall–Kier alpha value is -2.90. The summed E-state index contributed by atoms with van der Waals surface area (Å²) in [4.78, 5) is 27.3. The average molecular weight is 355 g/mol. The van der Waals surface area contributed by atoms with E-state index in [1.807, 2.05) is 4.90 Å². The Morgan fingerprint density at radius 1 is 1.31 bits per heavy atom. The van der Waals surface area contributed by atoms with Gasteiger partial charge >= 0.3 is 0 Å². The fraction of sp³-hybridized carbons (Fsp3) is 0.444. The summed E-state index contributed by atoms with van der Waals surface area (Å²) in [5, 5.41) is 10.3. The van der Waals surface area contributed by atoms with E-state index in [1.165, 1.54) is 10.9 Å². The molecule has 2 aromatic rings. The molecule has 0 saturated carbocycles. The van der Waals surface area contributed by atoms with Crippen LogP contribution >= 0.6 is 0 Å². The number of hydrogen-bond donors (Lipinski definition) is 1. The van der Waals surface area contributed by atoms with Crippen LogP contribution in [0.4, 0.5) is 5.69 Å². The summed E-state index contributed by atoms with van der Waals surface area (Å²) in [6, 6.07) is 5.39. The largest absolute Gasteiger partial charge is 0.493 e. The maximum atomic E-state index is 13.0. The van der Waals surface area contributed by atoms with Crippen LogP contribution in [-0.2, 0) is 7.05 Å². The molecule has 1 N–H and O–H groups in total. The highest BCUT2D eigenvalue weighted by molar-refractivity contribution is 6.04. The van der Waals surface area contributed by atoms with Gasteiger partial charge < -0.3 is 15.0 Å². The lowest BCUT2D eigenvalue weighted by Gasteiger charge is -2.37. The van der Waals surface area contributed by atoms with E-state index in [0.29, 0.717) is 23.6 Å². The van der Waals surface area contributed by atoms with E-state index in [4.69, 9.17) is 4.74 Å². The highest BCUT2D eigenvalue weighted by atomic mass is 16.5. The third kappa shape index (κ3) is 3.14. The molecule has 0 spiro atoms. The van der Waals surface area contributed by atoms with Crippen molar-refractivity contribution >= 4 is 17.5 Å². The quantitative estimate of drug-likeness (QED) is 0.888. The summed E-state index contributed by atoms with van der Waals surface area (Å²) in [5.41, 5.74) is 1.25. The van der Waals surface area contributed by atoms with Crippen LogP contribution in [0.5, 0.6) is 5.75 Å². The van der Waals surface area contributed by atoms with Crippen molar-refractivity contribution in [2.45, 2.75) is 31.7 Å². The number of fused-ring (bicyclic) bond motifs is 2. The molecule has 2 amide bonds. The van der Waals surface area contributed by atoms with E-state index in [-0.39, 0.29) is 23.6 Å². The predicted octanol–water partition coefficient (Wildman–Crippen LogP) is 1.84. The lowest BCUT2D eigenvalue weighted by molar-refractivity contribution is 0.0548. The van der Waals surface area contributed by atoms with Crippen LogP contribution in [0.25, 0.3) is 0 Å². The molecule has 1 saturated heterocycles. The van der Waals surface area contributed by atoms with Crippen LogP contribution < -0.4 is 10.1 Å². The standard InChI is InChI=1S/C18H21N5O3/c1-22-11-15(20-21-22)17(24)19-12-5-6-16-14(10-12)18(25)23-8-3-2-4-13(23)7-9-26-16/h5-6,10-11,13H,2-4,7-9H2,1H3,(H,19,24)/t13-/m0/s1. The number of ether oxygens (including phenoxy) is 1. The number of rotatable bonds is 2. The predicted molar refractivity (Wildman–Crippen MR) is 94.2 cm³/mol. The summed E-state index contributed by atoms with van der Waals surface area (Å²) >= 11 is 0. The maximum Gasteiger partial charge on any atom is 0.277 e. The number of hydrogen-bond acceptors (Lipinski definition) is 5. The zero-order valence-corrected chi connectivity index (χ0v) is 14.6. The van der Waals surface area contributed by atoms with Gasteiger partial charge in [0.25, 0.3) is 11.8 Å². The third-order valence-electron chi connectivity index (χ3n) is 4.90. The second-order valence-corrected chi connectivity index (χ2v) is 6.73. The van der Waals surface area contributed by atoms with Gasteiger partial charge in [-0.1, -0.05) is 5.21 Å². The Kier molecular flexibility index (Phi) is 4.32. The van der Waals surface area contributed by atoms with Crippen LogP contribution in [0.1, 0.15) is 46.5 Å². The number of carbonyl (C=O) groups is 2. The molecule has 1 aromatic carbocycles. The van der Waals surface area contributed by atoms with E-state index in [0.717, 1.165) is 32.2 Å². The average Bonchev–Trinajstić information content (AvgIpc) is 3.08. The van der Waals surface area contributed by atoms with Crippen molar-refractivity contribution in [2.24, 2.45) is 7.05 Å². The number of nitrogens with one attached hydrogen (secondary N) is 1. The zero-order valence-electron chi connectivity index (χ0n) is 14.6. The van der Waals surface area contributed by atoms with Gasteiger partial charge in [-0.05, 0) is 37.5 Å². The van der Waals surface area contributed by atoms with Gasteiger partial charge in [-0.25, -0.2) is 0 Å². The molecule has 0 aliphatic carbocycles. The van der Waals surface area contributed by atoms with Gasteiger partial charge in [0.05, 0.1) is 18.4 Å². The molecule has 1 aromatic heterocycles. The number of aryl methyl sites for hydroxylation is 1. The summed E-state index contributed by atoms with van der Waals surface area (Å²) in [6.07, 6.45) is 5.59. The van der Waals surface area contributed by atoms with Gasteiger partial charge in [-0.2, -0.15) is 0 Å². The number of amides is 2. The molecule has 136 valence electrons. The lowest BCUT2D eigenvalue weighted by Crippen LogP contribution is -2.45.